The standard InChI is InChI=1S/C9H7.C9H13.C3H6.2ClH.Zr/c1-2-5-9-7-3-6-8(9)4-1;1-9(2,3)8-6-4-5-7-8;1-3-2;;;/h1-7H;4-7H,1-3H3;1-2H3;2*1H;/q2*-1;;;;+2/p-2. The zero-order valence-corrected chi connectivity index (χ0v) is 19.1. The molecule has 0 atom stereocenters. The molecule has 0 aliphatic heterocycles. The van der Waals surface area contributed by atoms with E-state index in [4.69, 9.17) is 17.0 Å². The summed E-state index contributed by atoms with van der Waals surface area (Å²) in [4.78, 5) is 0. The molecule has 0 aromatic heterocycles. The summed E-state index contributed by atoms with van der Waals surface area (Å²) in [7, 11) is 11.1. The van der Waals surface area contributed by atoms with Gasteiger partial charge < -0.3 is 0 Å². The smallest absolute Gasteiger partial charge is 0.0809 e. The van der Waals surface area contributed by atoms with E-state index in [1.54, 1.807) is 0 Å². The maximum absolute atomic E-state index is 5.54. The Morgan fingerprint density at radius 2 is 1.50 bits per heavy atom. The van der Waals surface area contributed by atoms with E-state index in [2.05, 4.69) is 87.5 Å². The molecular weight excluding hydrogens is 414 g/mol. The second kappa shape index (κ2) is 10.5. The van der Waals surface area contributed by atoms with Gasteiger partial charge in [-0.15, -0.1) is 29.7 Å². The van der Waals surface area contributed by atoms with Crippen LogP contribution >= 0.6 is 17.0 Å². The molecular formula is C21H26Cl2Zr-2. The summed E-state index contributed by atoms with van der Waals surface area (Å²) in [6.45, 7) is 10.6. The summed E-state index contributed by atoms with van der Waals surface area (Å²) >= 11 is -1.84. The monoisotopic (exact) mass is 438 g/mol. The zero-order valence-electron chi connectivity index (χ0n) is 15.1. The van der Waals surface area contributed by atoms with Crippen molar-refractivity contribution in [3.63, 3.8) is 0 Å². The third-order valence-electron chi connectivity index (χ3n) is 3.45. The predicted octanol–water partition coefficient (Wildman–Crippen LogP) is 7.39. The summed E-state index contributed by atoms with van der Waals surface area (Å²) in [5.74, 6) is 0. The SMILES string of the molecule is CC(C)(C)[c-]1cccc1.C[C](C)=[Zr]([Cl])[Cl].c1ccc2[cH-]ccc2c1. The molecule has 0 radical (unpaired) electrons. The summed E-state index contributed by atoms with van der Waals surface area (Å²) in [6, 6.07) is 23.2. The molecule has 0 amide bonds. The predicted molar refractivity (Wildman–Crippen MR) is 108 cm³/mol. The topological polar surface area (TPSA) is 0 Å². The van der Waals surface area contributed by atoms with Crippen LogP contribution in [0.1, 0.15) is 40.2 Å². The first-order chi connectivity index (χ1) is 11.2. The van der Waals surface area contributed by atoms with Crippen LogP contribution in [0, 0.1) is 0 Å². The fraction of sp³-hybridized carbons (Fsp3) is 0.286. The molecule has 0 aliphatic carbocycles. The second-order valence-corrected chi connectivity index (χ2v) is 16.2. The van der Waals surface area contributed by atoms with Crippen LogP contribution in [0.4, 0.5) is 0 Å². The van der Waals surface area contributed by atoms with Crippen molar-refractivity contribution in [1.29, 1.82) is 0 Å². The van der Waals surface area contributed by atoms with Gasteiger partial charge in [0.25, 0.3) is 0 Å². The Labute approximate surface area is 161 Å². The minimum absolute atomic E-state index is 0.323. The average molecular weight is 441 g/mol. The molecule has 0 unspecified atom stereocenters. The Kier molecular flexibility index (Phi) is 9.42. The van der Waals surface area contributed by atoms with Crippen LogP contribution < -0.4 is 0 Å². The van der Waals surface area contributed by atoms with Crippen LogP contribution in [0.2, 0.25) is 0 Å². The minimum atomic E-state index is -1.84. The van der Waals surface area contributed by atoms with E-state index in [9.17, 15) is 0 Å². The quantitative estimate of drug-likeness (QED) is 0.320. The van der Waals surface area contributed by atoms with E-state index in [0.717, 1.165) is 0 Å². The maximum Gasteiger partial charge on any atom is -0.0809 e. The summed E-state index contributed by atoms with van der Waals surface area (Å²) in [5, 5.41) is 2.66. The van der Waals surface area contributed by atoms with Crippen molar-refractivity contribution in [3.8, 4) is 0 Å². The second-order valence-electron chi connectivity index (χ2n) is 6.84. The van der Waals surface area contributed by atoms with Gasteiger partial charge in [-0.3, -0.25) is 0 Å². The van der Waals surface area contributed by atoms with Crippen molar-refractivity contribution in [1.82, 2.24) is 0 Å². The van der Waals surface area contributed by atoms with E-state index in [0.29, 0.717) is 5.41 Å². The molecule has 130 valence electrons. The Balaban J connectivity index is 0.000000185. The van der Waals surface area contributed by atoms with Gasteiger partial charge in [-0.25, -0.2) is 12.1 Å². The zero-order chi connectivity index (χ0) is 18.2. The van der Waals surface area contributed by atoms with E-state index in [-0.39, 0.29) is 0 Å². The Morgan fingerprint density at radius 1 is 0.958 bits per heavy atom. The van der Waals surface area contributed by atoms with Crippen molar-refractivity contribution >= 4 is 31.0 Å². The molecule has 0 fully saturated rings. The molecule has 0 aliphatic rings. The number of benzene rings is 1. The van der Waals surface area contributed by atoms with Crippen LogP contribution in [-0.4, -0.2) is 3.21 Å². The molecule has 0 saturated carbocycles. The van der Waals surface area contributed by atoms with E-state index in [1.165, 1.54) is 19.5 Å². The minimum Gasteiger partial charge on any atom is -0.168 e. The summed E-state index contributed by atoms with van der Waals surface area (Å²) in [5.41, 5.74) is 1.74. The van der Waals surface area contributed by atoms with Gasteiger partial charge in [0.1, 0.15) is 0 Å². The molecule has 0 spiro atoms. The molecule has 0 bridgehead atoms. The van der Waals surface area contributed by atoms with Crippen molar-refractivity contribution in [2.24, 2.45) is 0 Å². The first-order valence-electron chi connectivity index (χ1n) is 8.03. The van der Waals surface area contributed by atoms with Crippen molar-refractivity contribution < 1.29 is 18.9 Å². The summed E-state index contributed by atoms with van der Waals surface area (Å²) in [6.07, 6.45) is 0. The number of halogens is 2. The normalized spacial score (nSPS) is 10.3. The van der Waals surface area contributed by atoms with Crippen LogP contribution in [0.15, 0.2) is 66.7 Å². The van der Waals surface area contributed by atoms with Crippen LogP contribution in [0.5, 0.6) is 0 Å². The van der Waals surface area contributed by atoms with Gasteiger partial charge in [0, 0.05) is 0 Å². The molecule has 3 rings (SSSR count). The van der Waals surface area contributed by atoms with Gasteiger partial charge in [0.15, 0.2) is 0 Å². The fourth-order valence-electron chi connectivity index (χ4n) is 1.94. The Bertz CT molecular complexity index is 695. The van der Waals surface area contributed by atoms with Gasteiger partial charge in [0.05, 0.1) is 0 Å². The fourth-order valence-corrected chi connectivity index (χ4v) is 1.94. The van der Waals surface area contributed by atoms with Crippen molar-refractivity contribution in [2.75, 3.05) is 0 Å². The molecule has 0 nitrogen and oxygen atoms in total. The number of fused-ring (bicyclic) bond motifs is 1. The molecule has 24 heavy (non-hydrogen) atoms. The van der Waals surface area contributed by atoms with E-state index < -0.39 is 18.9 Å². The van der Waals surface area contributed by atoms with Crippen LogP contribution in [-0.2, 0) is 24.3 Å². The molecule has 3 aromatic rings. The summed E-state index contributed by atoms with van der Waals surface area (Å²) < 4.78 is 1.24. The van der Waals surface area contributed by atoms with Crippen LogP contribution in [0.25, 0.3) is 10.8 Å². The number of hydrogen-bond acceptors (Lipinski definition) is 0. The van der Waals surface area contributed by atoms with Crippen molar-refractivity contribution in [2.45, 2.75) is 40.0 Å². The Hall–Kier alpha value is -0.487. The molecule has 0 saturated heterocycles. The van der Waals surface area contributed by atoms with Gasteiger partial charge in [-0.2, -0.15) is 35.2 Å². The molecule has 3 heteroatoms. The maximum atomic E-state index is 5.54. The molecule has 0 heterocycles. The molecule has 0 N–H and O–H groups in total. The third kappa shape index (κ3) is 8.06. The first kappa shape index (κ1) is 21.6. The molecule has 3 aromatic carbocycles. The van der Waals surface area contributed by atoms with Gasteiger partial charge in [0.2, 0.25) is 0 Å². The van der Waals surface area contributed by atoms with Gasteiger partial charge in [-0.1, -0.05) is 32.3 Å². The van der Waals surface area contributed by atoms with E-state index >= 15 is 0 Å². The number of rotatable bonds is 0. The number of hydrogen-bond donors (Lipinski definition) is 0. The van der Waals surface area contributed by atoms with Crippen molar-refractivity contribution in [3.05, 3.63) is 72.3 Å². The van der Waals surface area contributed by atoms with Gasteiger partial charge >= 0.3 is 53.0 Å². The van der Waals surface area contributed by atoms with Crippen LogP contribution in [0.3, 0.4) is 0 Å². The third-order valence-corrected chi connectivity index (χ3v) is 9.78. The largest absolute Gasteiger partial charge is 0.168 e. The Morgan fingerprint density at radius 3 is 1.92 bits per heavy atom. The first-order valence-corrected chi connectivity index (χ1v) is 15.6. The average Bonchev–Trinajstić information content (AvgIpc) is 3.19. The van der Waals surface area contributed by atoms with Gasteiger partial charge in [-0.05, 0) is 0 Å². The van der Waals surface area contributed by atoms with E-state index in [1.807, 2.05) is 13.8 Å².